The second-order valence-electron chi connectivity index (χ2n) is 7.16. The first kappa shape index (κ1) is 15.5. The number of nitrogens with one attached hydrogen (secondary N) is 1. The molecule has 1 aliphatic carbocycles. The molecule has 23 heavy (non-hydrogen) atoms. The summed E-state index contributed by atoms with van der Waals surface area (Å²) in [6.45, 7) is 3.06. The lowest BCUT2D eigenvalue weighted by atomic mass is 10.1. The molecule has 1 amide bonds. The SMILES string of the molecule is CN1[C@H]2CC[C@@H]1CN(CCC(=O)Nc1nnc(C3CC3)s1)CC2. The van der Waals surface area contributed by atoms with Gasteiger partial charge < -0.3 is 10.2 Å². The summed E-state index contributed by atoms with van der Waals surface area (Å²) in [7, 11) is 2.26. The van der Waals surface area contributed by atoms with Crippen LogP contribution in [0, 0.1) is 0 Å². The fourth-order valence-electron chi connectivity index (χ4n) is 3.80. The Bertz CT molecular complexity index is 573. The van der Waals surface area contributed by atoms with Crippen LogP contribution in [0.2, 0.25) is 0 Å². The molecular formula is C16H25N5OS. The van der Waals surface area contributed by atoms with E-state index in [2.05, 4.69) is 32.4 Å². The van der Waals surface area contributed by atoms with Gasteiger partial charge in [0.05, 0.1) is 0 Å². The fourth-order valence-corrected chi connectivity index (χ4v) is 4.73. The number of rotatable bonds is 5. The van der Waals surface area contributed by atoms with Crippen LogP contribution in [0.15, 0.2) is 0 Å². The number of likely N-dealkylation sites (tertiary alicyclic amines) is 1. The van der Waals surface area contributed by atoms with Gasteiger partial charge in [-0.15, -0.1) is 10.2 Å². The van der Waals surface area contributed by atoms with Gasteiger partial charge in [-0.25, -0.2) is 0 Å². The second-order valence-corrected chi connectivity index (χ2v) is 8.17. The summed E-state index contributed by atoms with van der Waals surface area (Å²) in [6.07, 6.45) is 6.85. The first-order valence-electron chi connectivity index (χ1n) is 8.76. The average Bonchev–Trinajstić information content (AvgIpc) is 3.20. The Morgan fingerprint density at radius 1 is 1.22 bits per heavy atom. The molecular weight excluding hydrogens is 310 g/mol. The lowest BCUT2D eigenvalue weighted by Gasteiger charge is -2.25. The zero-order chi connectivity index (χ0) is 15.8. The van der Waals surface area contributed by atoms with Crippen molar-refractivity contribution in [1.29, 1.82) is 0 Å². The minimum Gasteiger partial charge on any atom is -0.301 e. The van der Waals surface area contributed by atoms with E-state index in [1.807, 2.05) is 0 Å². The second kappa shape index (κ2) is 6.45. The molecule has 0 unspecified atom stereocenters. The van der Waals surface area contributed by atoms with Gasteiger partial charge in [0.25, 0.3) is 0 Å². The van der Waals surface area contributed by atoms with E-state index in [1.54, 1.807) is 0 Å². The molecule has 7 heteroatoms. The molecule has 0 spiro atoms. The predicted molar refractivity (Wildman–Crippen MR) is 90.8 cm³/mol. The summed E-state index contributed by atoms with van der Waals surface area (Å²) in [5.74, 6) is 0.661. The van der Waals surface area contributed by atoms with Gasteiger partial charge in [0.1, 0.15) is 5.01 Å². The van der Waals surface area contributed by atoms with E-state index in [0.29, 0.717) is 23.5 Å². The van der Waals surface area contributed by atoms with Crippen molar-refractivity contribution in [3.8, 4) is 0 Å². The highest BCUT2D eigenvalue weighted by atomic mass is 32.1. The Kier molecular flexibility index (Phi) is 4.34. The van der Waals surface area contributed by atoms with Crippen LogP contribution in [0.4, 0.5) is 5.13 Å². The summed E-state index contributed by atoms with van der Waals surface area (Å²) in [5.41, 5.74) is 0. The molecule has 2 atom stereocenters. The summed E-state index contributed by atoms with van der Waals surface area (Å²) in [4.78, 5) is 17.1. The van der Waals surface area contributed by atoms with Crippen molar-refractivity contribution < 1.29 is 4.79 Å². The lowest BCUT2D eigenvalue weighted by molar-refractivity contribution is -0.116. The van der Waals surface area contributed by atoms with Crippen molar-refractivity contribution in [2.45, 2.75) is 56.5 Å². The maximum absolute atomic E-state index is 12.2. The number of hydrogen-bond donors (Lipinski definition) is 1. The van der Waals surface area contributed by atoms with Gasteiger partial charge in [-0.2, -0.15) is 0 Å². The zero-order valence-corrected chi connectivity index (χ0v) is 14.5. The van der Waals surface area contributed by atoms with E-state index < -0.39 is 0 Å². The number of likely N-dealkylation sites (N-methyl/N-ethyl adjacent to an activating group) is 1. The Balaban J connectivity index is 1.24. The normalized spacial score (nSPS) is 28.7. The van der Waals surface area contributed by atoms with Crippen LogP contribution in [-0.4, -0.2) is 64.7 Å². The molecule has 4 rings (SSSR count). The number of aromatic nitrogens is 2. The third-order valence-corrected chi connectivity index (χ3v) is 6.50. The van der Waals surface area contributed by atoms with Crippen molar-refractivity contribution in [2.75, 3.05) is 32.0 Å². The monoisotopic (exact) mass is 335 g/mol. The molecule has 2 saturated heterocycles. The molecule has 3 heterocycles. The number of hydrogen-bond acceptors (Lipinski definition) is 6. The maximum Gasteiger partial charge on any atom is 0.227 e. The maximum atomic E-state index is 12.2. The molecule has 0 radical (unpaired) electrons. The van der Waals surface area contributed by atoms with E-state index in [9.17, 15) is 4.79 Å². The van der Waals surface area contributed by atoms with Crippen LogP contribution in [0.5, 0.6) is 0 Å². The van der Waals surface area contributed by atoms with E-state index in [-0.39, 0.29) is 5.91 Å². The first-order valence-corrected chi connectivity index (χ1v) is 9.58. The number of nitrogens with zero attached hydrogens (tertiary/aromatic N) is 4. The third kappa shape index (κ3) is 3.56. The highest BCUT2D eigenvalue weighted by Crippen LogP contribution is 2.42. The van der Waals surface area contributed by atoms with Gasteiger partial charge >= 0.3 is 0 Å². The molecule has 126 valence electrons. The molecule has 1 N–H and O–H groups in total. The van der Waals surface area contributed by atoms with Gasteiger partial charge in [-0.05, 0) is 45.7 Å². The third-order valence-electron chi connectivity index (χ3n) is 5.50. The van der Waals surface area contributed by atoms with Crippen molar-refractivity contribution in [3.63, 3.8) is 0 Å². The van der Waals surface area contributed by atoms with E-state index in [4.69, 9.17) is 0 Å². The van der Waals surface area contributed by atoms with E-state index >= 15 is 0 Å². The minimum absolute atomic E-state index is 0.0613. The van der Waals surface area contributed by atoms with Gasteiger partial charge in [0.2, 0.25) is 11.0 Å². The number of amides is 1. The van der Waals surface area contributed by atoms with Crippen LogP contribution in [0.3, 0.4) is 0 Å². The quantitative estimate of drug-likeness (QED) is 0.891. The molecule has 3 aliphatic rings. The van der Waals surface area contributed by atoms with E-state index in [1.165, 1.54) is 43.4 Å². The van der Waals surface area contributed by atoms with Gasteiger partial charge in [0, 0.05) is 37.5 Å². The van der Waals surface area contributed by atoms with Gasteiger partial charge in [-0.1, -0.05) is 11.3 Å². The Morgan fingerprint density at radius 3 is 2.87 bits per heavy atom. The van der Waals surface area contributed by atoms with E-state index in [0.717, 1.165) is 30.7 Å². The highest BCUT2D eigenvalue weighted by Gasteiger charge is 2.34. The minimum atomic E-state index is 0.0613. The number of carbonyl (C=O) groups is 1. The topological polar surface area (TPSA) is 61.4 Å². The largest absolute Gasteiger partial charge is 0.301 e. The van der Waals surface area contributed by atoms with Gasteiger partial charge in [0.15, 0.2) is 0 Å². The zero-order valence-electron chi connectivity index (χ0n) is 13.7. The number of carbonyl (C=O) groups excluding carboxylic acids is 1. The van der Waals surface area contributed by atoms with Crippen molar-refractivity contribution in [2.24, 2.45) is 0 Å². The van der Waals surface area contributed by atoms with Crippen LogP contribution < -0.4 is 5.32 Å². The van der Waals surface area contributed by atoms with Crippen LogP contribution in [-0.2, 0) is 4.79 Å². The summed E-state index contributed by atoms with van der Waals surface area (Å²) in [6, 6.07) is 1.43. The summed E-state index contributed by atoms with van der Waals surface area (Å²) in [5, 5.41) is 12.9. The number of fused-ring (bicyclic) bond motifs is 2. The standard InChI is InChI=1S/C16H25N5OS/c1-20-12-4-5-13(20)10-21(8-6-12)9-7-14(22)17-16-19-18-15(23-16)11-2-3-11/h11-13H,2-10H2,1H3,(H,17,19,22)/t12-,13+/m0/s1. The molecule has 6 nitrogen and oxygen atoms in total. The van der Waals surface area contributed by atoms with Crippen molar-refractivity contribution in [3.05, 3.63) is 5.01 Å². The van der Waals surface area contributed by atoms with Crippen LogP contribution in [0.1, 0.15) is 49.5 Å². The molecule has 1 aromatic rings. The Labute approximate surface area is 141 Å². The van der Waals surface area contributed by atoms with Crippen molar-refractivity contribution >= 4 is 22.4 Å². The predicted octanol–water partition coefficient (Wildman–Crippen LogP) is 1.91. The van der Waals surface area contributed by atoms with Crippen molar-refractivity contribution in [1.82, 2.24) is 20.0 Å². The highest BCUT2D eigenvalue weighted by molar-refractivity contribution is 7.15. The summed E-state index contributed by atoms with van der Waals surface area (Å²) >= 11 is 1.53. The molecule has 2 bridgehead atoms. The fraction of sp³-hybridized carbons (Fsp3) is 0.812. The molecule has 2 aliphatic heterocycles. The summed E-state index contributed by atoms with van der Waals surface area (Å²) < 4.78 is 0. The average molecular weight is 335 g/mol. The molecule has 0 aromatic carbocycles. The van der Waals surface area contributed by atoms with Crippen LogP contribution >= 0.6 is 11.3 Å². The Hall–Kier alpha value is -1.05. The molecule has 3 fully saturated rings. The first-order chi connectivity index (χ1) is 11.2. The molecule has 1 aromatic heterocycles. The number of anilines is 1. The van der Waals surface area contributed by atoms with Gasteiger partial charge in [-0.3, -0.25) is 9.69 Å². The molecule has 1 saturated carbocycles. The Morgan fingerprint density at radius 2 is 2.04 bits per heavy atom. The lowest BCUT2D eigenvalue weighted by Crippen LogP contribution is -2.37. The van der Waals surface area contributed by atoms with Crippen LogP contribution in [0.25, 0.3) is 0 Å². The smallest absolute Gasteiger partial charge is 0.227 e.